The van der Waals surface area contributed by atoms with Gasteiger partial charge in [0.1, 0.15) is 0 Å². The molecule has 1 rings (SSSR count). The smallest absolute Gasteiger partial charge is 0.0524 e. The molecule has 0 aromatic rings. The second-order valence-electron chi connectivity index (χ2n) is 4.05. The summed E-state index contributed by atoms with van der Waals surface area (Å²) in [6.45, 7) is 4.86. The summed E-state index contributed by atoms with van der Waals surface area (Å²) in [7, 11) is 0. The number of nitrogens with two attached hydrogens (primary N) is 1. The first-order valence-corrected chi connectivity index (χ1v) is 5.36. The Hall–Kier alpha value is -0.120. The maximum atomic E-state index is 9.18. The molecule has 1 aliphatic heterocycles. The molecule has 0 aromatic heterocycles. The normalized spacial score (nSPS) is 26.5. The van der Waals surface area contributed by atoms with Crippen molar-refractivity contribution in [1.82, 2.24) is 4.90 Å². The van der Waals surface area contributed by atoms with Crippen molar-refractivity contribution < 1.29 is 5.11 Å². The highest BCUT2D eigenvalue weighted by molar-refractivity contribution is 4.79. The topological polar surface area (TPSA) is 49.5 Å². The van der Waals surface area contributed by atoms with Crippen molar-refractivity contribution in [2.45, 2.75) is 44.8 Å². The Kier molecular flexibility index (Phi) is 4.70. The van der Waals surface area contributed by atoms with Gasteiger partial charge in [0, 0.05) is 12.6 Å². The van der Waals surface area contributed by atoms with Gasteiger partial charge < -0.3 is 15.7 Å². The highest BCUT2D eigenvalue weighted by atomic mass is 16.3. The monoisotopic (exact) mass is 186 g/mol. The minimum absolute atomic E-state index is 0.167. The van der Waals surface area contributed by atoms with Gasteiger partial charge in [-0.15, -0.1) is 0 Å². The predicted molar refractivity (Wildman–Crippen MR) is 54.6 cm³/mol. The van der Waals surface area contributed by atoms with E-state index in [4.69, 9.17) is 5.73 Å². The minimum atomic E-state index is -0.167. The largest absolute Gasteiger partial charge is 0.393 e. The average Bonchev–Trinajstić information content (AvgIpc) is 2.49. The zero-order chi connectivity index (χ0) is 9.68. The number of rotatable bonds is 5. The van der Waals surface area contributed by atoms with Gasteiger partial charge in [-0.3, -0.25) is 0 Å². The summed E-state index contributed by atoms with van der Waals surface area (Å²) in [5.74, 6) is 0. The van der Waals surface area contributed by atoms with Crippen LogP contribution >= 0.6 is 0 Å². The summed E-state index contributed by atoms with van der Waals surface area (Å²) < 4.78 is 0. The quantitative estimate of drug-likeness (QED) is 0.660. The van der Waals surface area contributed by atoms with Gasteiger partial charge in [0.15, 0.2) is 0 Å². The van der Waals surface area contributed by atoms with Crippen molar-refractivity contribution in [3.8, 4) is 0 Å². The van der Waals surface area contributed by atoms with E-state index in [9.17, 15) is 5.11 Å². The number of nitrogens with zero attached hydrogens (tertiary/aromatic N) is 1. The SMILES string of the molecule is CC(O)CCN1CCCC1CCN. The van der Waals surface area contributed by atoms with E-state index in [1.54, 1.807) is 0 Å². The predicted octanol–water partition coefficient (Wildman–Crippen LogP) is 0.570. The van der Waals surface area contributed by atoms with E-state index in [2.05, 4.69) is 4.90 Å². The van der Waals surface area contributed by atoms with Crippen LogP contribution < -0.4 is 5.73 Å². The van der Waals surface area contributed by atoms with Crippen molar-refractivity contribution in [2.75, 3.05) is 19.6 Å². The molecule has 0 saturated carbocycles. The molecule has 3 nitrogen and oxygen atoms in total. The molecule has 0 radical (unpaired) electrons. The molecule has 1 saturated heterocycles. The van der Waals surface area contributed by atoms with Gasteiger partial charge in [0.25, 0.3) is 0 Å². The van der Waals surface area contributed by atoms with E-state index >= 15 is 0 Å². The minimum Gasteiger partial charge on any atom is -0.393 e. The van der Waals surface area contributed by atoms with Gasteiger partial charge in [-0.1, -0.05) is 0 Å². The molecule has 0 amide bonds. The zero-order valence-corrected chi connectivity index (χ0v) is 8.58. The van der Waals surface area contributed by atoms with Gasteiger partial charge in [0.05, 0.1) is 6.10 Å². The maximum Gasteiger partial charge on any atom is 0.0524 e. The number of hydrogen-bond donors (Lipinski definition) is 2. The highest BCUT2D eigenvalue weighted by Gasteiger charge is 2.23. The third-order valence-electron chi connectivity index (χ3n) is 2.83. The molecule has 3 heteroatoms. The fourth-order valence-electron chi connectivity index (χ4n) is 2.06. The Morgan fingerprint density at radius 2 is 2.38 bits per heavy atom. The van der Waals surface area contributed by atoms with E-state index in [0.717, 1.165) is 25.9 Å². The van der Waals surface area contributed by atoms with Crippen LogP contribution in [0, 0.1) is 0 Å². The first-order chi connectivity index (χ1) is 6.24. The first-order valence-electron chi connectivity index (χ1n) is 5.36. The van der Waals surface area contributed by atoms with E-state index < -0.39 is 0 Å². The molecule has 0 spiro atoms. The van der Waals surface area contributed by atoms with Crippen LogP contribution in [0.4, 0.5) is 0 Å². The molecular formula is C10H22N2O. The molecule has 0 aliphatic carbocycles. The van der Waals surface area contributed by atoms with Crippen LogP contribution in [0.5, 0.6) is 0 Å². The van der Waals surface area contributed by atoms with Crippen molar-refractivity contribution in [3.63, 3.8) is 0 Å². The molecule has 1 aliphatic rings. The molecular weight excluding hydrogens is 164 g/mol. The number of likely N-dealkylation sites (tertiary alicyclic amines) is 1. The lowest BCUT2D eigenvalue weighted by molar-refractivity contribution is 0.149. The summed E-state index contributed by atoms with van der Waals surface area (Å²) in [6, 6.07) is 0.684. The summed E-state index contributed by atoms with van der Waals surface area (Å²) >= 11 is 0. The molecule has 3 N–H and O–H groups in total. The fourth-order valence-corrected chi connectivity index (χ4v) is 2.06. The van der Waals surface area contributed by atoms with E-state index in [1.165, 1.54) is 19.4 Å². The third-order valence-corrected chi connectivity index (χ3v) is 2.83. The molecule has 13 heavy (non-hydrogen) atoms. The number of aliphatic hydroxyl groups is 1. The van der Waals surface area contributed by atoms with E-state index in [-0.39, 0.29) is 6.10 Å². The number of aliphatic hydroxyl groups excluding tert-OH is 1. The van der Waals surface area contributed by atoms with Crippen LogP contribution in [0.25, 0.3) is 0 Å². The summed E-state index contributed by atoms with van der Waals surface area (Å²) in [5, 5.41) is 9.18. The summed E-state index contributed by atoms with van der Waals surface area (Å²) in [4.78, 5) is 2.47. The van der Waals surface area contributed by atoms with Crippen molar-refractivity contribution in [1.29, 1.82) is 0 Å². The lowest BCUT2D eigenvalue weighted by Gasteiger charge is -2.24. The van der Waals surface area contributed by atoms with Gasteiger partial charge in [-0.2, -0.15) is 0 Å². The zero-order valence-electron chi connectivity index (χ0n) is 8.58. The van der Waals surface area contributed by atoms with Crippen LogP contribution in [-0.4, -0.2) is 41.8 Å². The van der Waals surface area contributed by atoms with E-state index in [1.807, 2.05) is 6.92 Å². The Morgan fingerprint density at radius 3 is 3.00 bits per heavy atom. The molecule has 0 bridgehead atoms. The first kappa shape index (κ1) is 11.0. The molecule has 1 heterocycles. The molecule has 0 aromatic carbocycles. The van der Waals surface area contributed by atoms with Crippen LogP contribution in [0.15, 0.2) is 0 Å². The lowest BCUT2D eigenvalue weighted by Crippen LogP contribution is -2.33. The third kappa shape index (κ3) is 3.63. The Balaban J connectivity index is 2.22. The highest BCUT2D eigenvalue weighted by Crippen LogP contribution is 2.19. The molecule has 1 fully saturated rings. The van der Waals surface area contributed by atoms with Crippen LogP contribution in [0.3, 0.4) is 0 Å². The Morgan fingerprint density at radius 1 is 1.62 bits per heavy atom. The molecule has 2 atom stereocenters. The number of hydrogen-bond acceptors (Lipinski definition) is 3. The Bertz CT molecular complexity index is 139. The van der Waals surface area contributed by atoms with Crippen molar-refractivity contribution >= 4 is 0 Å². The molecule has 78 valence electrons. The van der Waals surface area contributed by atoms with Gasteiger partial charge in [-0.25, -0.2) is 0 Å². The standard InChI is InChI=1S/C10H22N2O/c1-9(13)5-8-12-7-2-3-10(12)4-6-11/h9-10,13H,2-8,11H2,1H3. The maximum absolute atomic E-state index is 9.18. The fraction of sp³-hybridized carbons (Fsp3) is 1.00. The molecule has 2 unspecified atom stereocenters. The average molecular weight is 186 g/mol. The van der Waals surface area contributed by atoms with Crippen molar-refractivity contribution in [2.24, 2.45) is 5.73 Å². The lowest BCUT2D eigenvalue weighted by atomic mass is 10.1. The van der Waals surface area contributed by atoms with E-state index in [0.29, 0.717) is 6.04 Å². The summed E-state index contributed by atoms with van der Waals surface area (Å²) in [6.07, 6.45) is 4.42. The van der Waals surface area contributed by atoms with Gasteiger partial charge in [0.2, 0.25) is 0 Å². The Labute approximate surface area is 80.9 Å². The second-order valence-corrected chi connectivity index (χ2v) is 4.05. The van der Waals surface area contributed by atoms with Crippen LogP contribution in [0.2, 0.25) is 0 Å². The van der Waals surface area contributed by atoms with Crippen LogP contribution in [0.1, 0.15) is 32.6 Å². The van der Waals surface area contributed by atoms with Gasteiger partial charge >= 0.3 is 0 Å². The second kappa shape index (κ2) is 5.58. The van der Waals surface area contributed by atoms with Crippen molar-refractivity contribution in [3.05, 3.63) is 0 Å². The summed E-state index contributed by atoms with van der Waals surface area (Å²) in [5.41, 5.74) is 5.55. The van der Waals surface area contributed by atoms with Crippen LogP contribution in [-0.2, 0) is 0 Å². The van der Waals surface area contributed by atoms with Gasteiger partial charge in [-0.05, 0) is 45.7 Å².